The van der Waals surface area contributed by atoms with Crippen LogP contribution in [0.3, 0.4) is 0 Å². The van der Waals surface area contributed by atoms with Gasteiger partial charge in [0.1, 0.15) is 17.2 Å². The van der Waals surface area contributed by atoms with Gasteiger partial charge in [0.2, 0.25) is 0 Å². The molecule has 0 fully saturated rings. The third kappa shape index (κ3) is 2.34. The second-order valence-corrected chi connectivity index (χ2v) is 5.55. The highest BCUT2D eigenvalue weighted by Gasteiger charge is 2.53. The quantitative estimate of drug-likeness (QED) is 0.937. The van der Waals surface area contributed by atoms with Crippen molar-refractivity contribution in [3.05, 3.63) is 77.4 Å². The van der Waals surface area contributed by atoms with E-state index >= 15 is 0 Å². The van der Waals surface area contributed by atoms with Gasteiger partial charge in [-0.15, -0.1) is 0 Å². The third-order valence-corrected chi connectivity index (χ3v) is 4.28. The molecule has 1 heterocycles. The standard InChI is InChI=1S/C20H12N4O/c21-11-16(12-22)20(15-9-5-2-6-10-15)18(14-7-3-1-4-8-14)17(13-23)19(25)24-20/h1-10,16H,(H,24,25). The summed E-state index contributed by atoms with van der Waals surface area (Å²) < 4.78 is 0. The maximum atomic E-state index is 12.5. The Kier molecular flexibility index (Phi) is 4.04. The molecule has 0 saturated carbocycles. The summed E-state index contributed by atoms with van der Waals surface area (Å²) in [4.78, 5) is 12.5. The highest BCUT2D eigenvalue weighted by atomic mass is 16.2. The van der Waals surface area contributed by atoms with E-state index in [-0.39, 0.29) is 5.57 Å². The topological polar surface area (TPSA) is 100 Å². The van der Waals surface area contributed by atoms with Crippen LogP contribution in [0.4, 0.5) is 0 Å². The van der Waals surface area contributed by atoms with Crippen molar-refractivity contribution < 1.29 is 4.79 Å². The first-order valence-corrected chi connectivity index (χ1v) is 7.56. The van der Waals surface area contributed by atoms with E-state index < -0.39 is 17.4 Å². The molecule has 5 nitrogen and oxygen atoms in total. The number of nitrogens with one attached hydrogen (secondary N) is 1. The highest BCUT2D eigenvalue weighted by molar-refractivity contribution is 6.12. The van der Waals surface area contributed by atoms with Gasteiger partial charge in [0.25, 0.3) is 5.91 Å². The monoisotopic (exact) mass is 324 g/mol. The van der Waals surface area contributed by atoms with Gasteiger partial charge in [-0.2, -0.15) is 15.8 Å². The molecule has 0 aliphatic carbocycles. The number of nitrogens with zero attached hydrogens (tertiary/aromatic N) is 3. The fourth-order valence-corrected chi connectivity index (χ4v) is 3.22. The lowest BCUT2D eigenvalue weighted by Crippen LogP contribution is -2.46. The molecule has 1 unspecified atom stereocenters. The number of hydrogen-bond acceptors (Lipinski definition) is 4. The Balaban J connectivity index is 2.41. The summed E-state index contributed by atoms with van der Waals surface area (Å²) >= 11 is 0. The van der Waals surface area contributed by atoms with Crippen molar-refractivity contribution in [2.45, 2.75) is 5.54 Å². The molecule has 5 heteroatoms. The van der Waals surface area contributed by atoms with Crippen molar-refractivity contribution in [3.63, 3.8) is 0 Å². The largest absolute Gasteiger partial charge is 0.335 e. The van der Waals surface area contributed by atoms with Gasteiger partial charge in [0, 0.05) is 5.57 Å². The molecule has 1 aliphatic rings. The molecule has 0 spiro atoms. The fraction of sp³-hybridized carbons (Fsp3) is 0.100. The zero-order chi connectivity index (χ0) is 17.9. The van der Waals surface area contributed by atoms with E-state index in [2.05, 4.69) is 5.32 Å². The van der Waals surface area contributed by atoms with Gasteiger partial charge >= 0.3 is 0 Å². The van der Waals surface area contributed by atoms with Gasteiger partial charge in [0.15, 0.2) is 5.92 Å². The molecule has 0 radical (unpaired) electrons. The molecule has 118 valence electrons. The van der Waals surface area contributed by atoms with Crippen LogP contribution in [-0.2, 0) is 10.3 Å². The van der Waals surface area contributed by atoms with E-state index in [1.54, 1.807) is 54.6 Å². The molecule has 1 amide bonds. The third-order valence-electron chi connectivity index (χ3n) is 4.28. The molecule has 1 N–H and O–H groups in total. The molecule has 0 aromatic heterocycles. The molecular weight excluding hydrogens is 312 g/mol. The van der Waals surface area contributed by atoms with Crippen LogP contribution in [0, 0.1) is 39.9 Å². The maximum absolute atomic E-state index is 12.5. The maximum Gasteiger partial charge on any atom is 0.263 e. The van der Waals surface area contributed by atoms with E-state index in [0.29, 0.717) is 16.7 Å². The minimum absolute atomic E-state index is 0.0782. The number of hydrogen-bond donors (Lipinski definition) is 1. The second kappa shape index (κ2) is 6.32. The van der Waals surface area contributed by atoms with Crippen LogP contribution >= 0.6 is 0 Å². The molecule has 2 aromatic rings. The van der Waals surface area contributed by atoms with Crippen LogP contribution in [0.1, 0.15) is 11.1 Å². The summed E-state index contributed by atoms with van der Waals surface area (Å²) in [6.45, 7) is 0. The molecule has 0 bridgehead atoms. The number of nitriles is 3. The van der Waals surface area contributed by atoms with Crippen LogP contribution in [-0.4, -0.2) is 5.91 Å². The first-order chi connectivity index (χ1) is 12.2. The summed E-state index contributed by atoms with van der Waals surface area (Å²) in [7, 11) is 0. The average molecular weight is 324 g/mol. The predicted molar refractivity (Wildman–Crippen MR) is 90.0 cm³/mol. The van der Waals surface area contributed by atoms with E-state index in [0.717, 1.165) is 0 Å². The van der Waals surface area contributed by atoms with Gasteiger partial charge in [0.05, 0.1) is 12.1 Å². The Labute approximate surface area is 145 Å². The first-order valence-electron chi connectivity index (χ1n) is 7.56. The van der Waals surface area contributed by atoms with Crippen LogP contribution in [0.15, 0.2) is 66.2 Å². The zero-order valence-electron chi connectivity index (χ0n) is 13.1. The van der Waals surface area contributed by atoms with Gasteiger partial charge < -0.3 is 5.32 Å². The van der Waals surface area contributed by atoms with Gasteiger partial charge in [-0.3, -0.25) is 4.79 Å². The molecule has 1 atom stereocenters. The van der Waals surface area contributed by atoms with Crippen molar-refractivity contribution in [1.29, 1.82) is 15.8 Å². The van der Waals surface area contributed by atoms with Gasteiger partial charge in [-0.1, -0.05) is 60.7 Å². The highest BCUT2D eigenvalue weighted by Crippen LogP contribution is 2.47. The number of rotatable bonds is 3. The lowest BCUT2D eigenvalue weighted by atomic mass is 9.72. The predicted octanol–water partition coefficient (Wildman–Crippen LogP) is 2.65. The van der Waals surface area contributed by atoms with Crippen molar-refractivity contribution >= 4 is 11.5 Å². The lowest BCUT2D eigenvalue weighted by Gasteiger charge is -2.34. The lowest BCUT2D eigenvalue weighted by molar-refractivity contribution is -0.117. The zero-order valence-corrected chi connectivity index (χ0v) is 13.1. The minimum atomic E-state index is -1.39. The molecule has 2 aromatic carbocycles. The Morgan fingerprint density at radius 3 is 1.96 bits per heavy atom. The number of amides is 1. The Morgan fingerprint density at radius 2 is 1.44 bits per heavy atom. The summed E-state index contributed by atoms with van der Waals surface area (Å²) in [5.41, 5.74) is 0.0941. The van der Waals surface area contributed by atoms with Crippen molar-refractivity contribution in [1.82, 2.24) is 5.32 Å². The number of benzene rings is 2. The summed E-state index contributed by atoms with van der Waals surface area (Å²) in [6.07, 6.45) is 0. The van der Waals surface area contributed by atoms with Gasteiger partial charge in [-0.25, -0.2) is 0 Å². The molecule has 0 saturated heterocycles. The summed E-state index contributed by atoms with van der Waals surface area (Å²) in [5, 5.41) is 31.5. The summed E-state index contributed by atoms with van der Waals surface area (Å²) in [6, 6.07) is 23.6. The second-order valence-electron chi connectivity index (χ2n) is 5.55. The van der Waals surface area contributed by atoms with E-state index in [4.69, 9.17) is 0 Å². The van der Waals surface area contributed by atoms with Crippen LogP contribution in [0.5, 0.6) is 0 Å². The normalized spacial score (nSPS) is 19.0. The Bertz CT molecular complexity index is 960. The molecule has 25 heavy (non-hydrogen) atoms. The molecule has 1 aliphatic heterocycles. The van der Waals surface area contributed by atoms with Crippen molar-refractivity contribution in [2.75, 3.05) is 0 Å². The van der Waals surface area contributed by atoms with Crippen LogP contribution < -0.4 is 5.32 Å². The van der Waals surface area contributed by atoms with Crippen LogP contribution in [0.25, 0.3) is 5.57 Å². The van der Waals surface area contributed by atoms with Gasteiger partial charge in [-0.05, 0) is 11.1 Å². The van der Waals surface area contributed by atoms with Crippen LogP contribution in [0.2, 0.25) is 0 Å². The number of carbonyl (C=O) groups is 1. The Hall–Kier alpha value is -3.88. The Morgan fingerprint density at radius 1 is 0.880 bits per heavy atom. The average Bonchev–Trinajstić information content (AvgIpc) is 2.97. The fourth-order valence-electron chi connectivity index (χ4n) is 3.22. The summed E-state index contributed by atoms with van der Waals surface area (Å²) in [5.74, 6) is -1.78. The smallest absolute Gasteiger partial charge is 0.263 e. The van der Waals surface area contributed by atoms with E-state index in [1.807, 2.05) is 24.3 Å². The number of carbonyl (C=O) groups excluding carboxylic acids is 1. The van der Waals surface area contributed by atoms with Crippen molar-refractivity contribution in [2.24, 2.45) is 5.92 Å². The van der Waals surface area contributed by atoms with Crippen molar-refractivity contribution in [3.8, 4) is 18.2 Å². The first kappa shape index (κ1) is 16.0. The minimum Gasteiger partial charge on any atom is -0.335 e. The van der Waals surface area contributed by atoms with E-state index in [9.17, 15) is 20.6 Å². The molecular formula is C20H12N4O. The SMILES string of the molecule is N#CC1=C(c2ccccc2)C(c2ccccc2)(C(C#N)C#N)NC1=O. The molecule has 3 rings (SSSR count). The van der Waals surface area contributed by atoms with E-state index in [1.165, 1.54) is 0 Å².